The number of rotatable bonds is 9. The summed E-state index contributed by atoms with van der Waals surface area (Å²) in [5, 5.41) is 5.01. The van der Waals surface area contributed by atoms with Crippen LogP contribution in [0.15, 0.2) is 96.4 Å². The molecule has 1 N–H and O–H groups in total. The Bertz CT molecular complexity index is 1250. The van der Waals surface area contributed by atoms with Gasteiger partial charge in [0.05, 0.1) is 13.5 Å². The van der Waals surface area contributed by atoms with Gasteiger partial charge in [0.25, 0.3) is 0 Å². The highest BCUT2D eigenvalue weighted by Gasteiger charge is 2.33. The van der Waals surface area contributed by atoms with Crippen molar-refractivity contribution in [3.8, 4) is 5.75 Å². The number of aryl methyl sites for hydroxylation is 1. The molecular formula is C29H28N2O3S. The first-order valence-electron chi connectivity index (χ1n) is 11.4. The summed E-state index contributed by atoms with van der Waals surface area (Å²) in [6, 6.07) is 27.7. The number of anilines is 1. The van der Waals surface area contributed by atoms with Gasteiger partial charge < -0.3 is 10.1 Å². The molecule has 0 aliphatic rings. The molecule has 0 fully saturated rings. The summed E-state index contributed by atoms with van der Waals surface area (Å²) < 4.78 is 5.31. The van der Waals surface area contributed by atoms with E-state index < -0.39 is 6.04 Å². The lowest BCUT2D eigenvalue weighted by atomic mass is 9.97. The van der Waals surface area contributed by atoms with Crippen molar-refractivity contribution in [1.82, 2.24) is 5.32 Å². The second kappa shape index (κ2) is 11.5. The van der Waals surface area contributed by atoms with Gasteiger partial charge in [-0.25, -0.2) is 0 Å². The van der Waals surface area contributed by atoms with E-state index in [9.17, 15) is 9.59 Å². The van der Waals surface area contributed by atoms with Crippen LogP contribution in [0.5, 0.6) is 5.75 Å². The summed E-state index contributed by atoms with van der Waals surface area (Å²) in [6.45, 7) is 2.33. The number of thiophene rings is 1. The zero-order chi connectivity index (χ0) is 24.6. The molecule has 0 saturated heterocycles. The first-order chi connectivity index (χ1) is 17.1. The van der Waals surface area contributed by atoms with Crippen molar-refractivity contribution in [2.75, 3.05) is 12.0 Å². The predicted octanol–water partition coefficient (Wildman–Crippen LogP) is 5.70. The van der Waals surface area contributed by atoms with Crippen LogP contribution in [-0.2, 0) is 22.6 Å². The standard InChI is InChI=1S/C29H28N2O3S/c1-21-9-6-7-13-26(21)28(29(33)30-20-22-10-4-3-5-11-22)31(23-14-16-24(34-2)17-15-23)27(32)19-25-12-8-18-35-25/h3-18,28H,19-20H2,1-2H3,(H,30,33). The maximum Gasteiger partial charge on any atom is 0.248 e. The third-order valence-corrected chi connectivity index (χ3v) is 6.70. The zero-order valence-corrected chi connectivity index (χ0v) is 20.6. The van der Waals surface area contributed by atoms with Crippen molar-refractivity contribution in [1.29, 1.82) is 0 Å². The lowest BCUT2D eigenvalue weighted by molar-refractivity contribution is -0.126. The normalized spacial score (nSPS) is 11.5. The number of amides is 2. The Morgan fingerprint density at radius 3 is 2.29 bits per heavy atom. The van der Waals surface area contributed by atoms with Gasteiger partial charge in [-0.3, -0.25) is 14.5 Å². The first kappa shape index (κ1) is 24.2. The predicted molar refractivity (Wildman–Crippen MR) is 141 cm³/mol. The number of benzene rings is 3. The van der Waals surface area contributed by atoms with Gasteiger partial charge in [0.2, 0.25) is 11.8 Å². The molecular weight excluding hydrogens is 456 g/mol. The topological polar surface area (TPSA) is 58.6 Å². The van der Waals surface area contributed by atoms with Crippen molar-refractivity contribution in [2.45, 2.75) is 25.9 Å². The van der Waals surface area contributed by atoms with E-state index in [1.807, 2.05) is 91.2 Å². The fraction of sp³-hybridized carbons (Fsp3) is 0.172. The fourth-order valence-electron chi connectivity index (χ4n) is 4.00. The third kappa shape index (κ3) is 5.97. The summed E-state index contributed by atoms with van der Waals surface area (Å²) in [4.78, 5) is 30.1. The van der Waals surface area contributed by atoms with Crippen molar-refractivity contribution in [2.24, 2.45) is 0 Å². The summed E-state index contributed by atoms with van der Waals surface area (Å²) >= 11 is 1.53. The van der Waals surface area contributed by atoms with Crippen LogP contribution in [0.2, 0.25) is 0 Å². The van der Waals surface area contributed by atoms with E-state index in [4.69, 9.17) is 4.74 Å². The number of methoxy groups -OCH3 is 1. The van der Waals surface area contributed by atoms with Crippen LogP contribution < -0.4 is 15.0 Å². The second-order valence-electron chi connectivity index (χ2n) is 8.18. The minimum absolute atomic E-state index is 0.152. The Morgan fingerprint density at radius 1 is 0.914 bits per heavy atom. The molecule has 1 aromatic heterocycles. The Labute approximate surface area is 210 Å². The summed E-state index contributed by atoms with van der Waals surface area (Å²) in [5.41, 5.74) is 3.35. The molecule has 35 heavy (non-hydrogen) atoms. The van der Waals surface area contributed by atoms with Crippen LogP contribution in [0.1, 0.15) is 27.6 Å². The molecule has 4 rings (SSSR count). The fourth-order valence-corrected chi connectivity index (χ4v) is 4.70. The van der Waals surface area contributed by atoms with Gasteiger partial charge in [-0.1, -0.05) is 60.7 Å². The highest BCUT2D eigenvalue weighted by molar-refractivity contribution is 7.10. The second-order valence-corrected chi connectivity index (χ2v) is 9.21. The molecule has 0 saturated carbocycles. The molecule has 1 unspecified atom stereocenters. The number of hydrogen-bond donors (Lipinski definition) is 1. The van der Waals surface area contributed by atoms with Crippen molar-refractivity contribution in [3.63, 3.8) is 0 Å². The third-order valence-electron chi connectivity index (χ3n) is 5.82. The molecule has 0 radical (unpaired) electrons. The molecule has 5 nitrogen and oxygen atoms in total. The molecule has 0 aliphatic heterocycles. The smallest absolute Gasteiger partial charge is 0.248 e. The van der Waals surface area contributed by atoms with Crippen LogP contribution in [0.3, 0.4) is 0 Å². The number of carbonyl (C=O) groups excluding carboxylic acids is 2. The molecule has 0 bridgehead atoms. The lowest BCUT2D eigenvalue weighted by Crippen LogP contribution is -2.44. The monoisotopic (exact) mass is 484 g/mol. The van der Waals surface area contributed by atoms with Crippen LogP contribution in [0, 0.1) is 6.92 Å². The molecule has 0 aliphatic carbocycles. The Kier molecular flexibility index (Phi) is 7.95. The van der Waals surface area contributed by atoms with Gasteiger partial charge in [-0.15, -0.1) is 11.3 Å². The summed E-state index contributed by atoms with van der Waals surface area (Å²) in [6.07, 6.45) is 0.206. The maximum atomic E-state index is 13.8. The van der Waals surface area contributed by atoms with E-state index in [0.29, 0.717) is 18.0 Å². The van der Waals surface area contributed by atoms with E-state index >= 15 is 0 Å². The van der Waals surface area contributed by atoms with Gasteiger partial charge in [-0.2, -0.15) is 0 Å². The minimum atomic E-state index is -0.833. The van der Waals surface area contributed by atoms with Gasteiger partial charge in [0.1, 0.15) is 11.8 Å². The lowest BCUT2D eigenvalue weighted by Gasteiger charge is -2.32. The molecule has 4 aromatic rings. The quantitative estimate of drug-likeness (QED) is 0.332. The molecule has 1 heterocycles. The van der Waals surface area contributed by atoms with E-state index in [2.05, 4.69) is 5.32 Å². The highest BCUT2D eigenvalue weighted by Crippen LogP contribution is 2.32. The molecule has 6 heteroatoms. The maximum absolute atomic E-state index is 13.8. The summed E-state index contributed by atoms with van der Waals surface area (Å²) in [5.74, 6) is 0.291. The number of ether oxygens (including phenoxy) is 1. The SMILES string of the molecule is COc1ccc(N(C(=O)Cc2cccs2)C(C(=O)NCc2ccccc2)c2ccccc2C)cc1. The van der Waals surface area contributed by atoms with Crippen LogP contribution >= 0.6 is 11.3 Å². The average Bonchev–Trinajstić information content (AvgIpc) is 3.40. The minimum Gasteiger partial charge on any atom is -0.497 e. The molecule has 3 aromatic carbocycles. The largest absolute Gasteiger partial charge is 0.497 e. The van der Waals surface area contributed by atoms with Crippen molar-refractivity contribution in [3.05, 3.63) is 118 Å². The molecule has 1 atom stereocenters. The Hall–Kier alpha value is -3.90. The van der Waals surface area contributed by atoms with Crippen LogP contribution in [0.4, 0.5) is 5.69 Å². The highest BCUT2D eigenvalue weighted by atomic mass is 32.1. The number of nitrogens with one attached hydrogen (secondary N) is 1. The van der Waals surface area contributed by atoms with E-state index in [0.717, 1.165) is 21.6 Å². The Morgan fingerprint density at radius 2 is 1.63 bits per heavy atom. The van der Waals surface area contributed by atoms with Gasteiger partial charge >= 0.3 is 0 Å². The van der Waals surface area contributed by atoms with Gasteiger partial charge in [-0.05, 0) is 59.3 Å². The zero-order valence-electron chi connectivity index (χ0n) is 19.8. The first-order valence-corrected chi connectivity index (χ1v) is 12.3. The van der Waals surface area contributed by atoms with Crippen molar-refractivity contribution < 1.29 is 14.3 Å². The number of carbonyl (C=O) groups is 2. The number of hydrogen-bond acceptors (Lipinski definition) is 4. The van der Waals surface area contributed by atoms with E-state index in [1.54, 1.807) is 24.1 Å². The van der Waals surface area contributed by atoms with Crippen molar-refractivity contribution >= 4 is 28.8 Å². The van der Waals surface area contributed by atoms with Gasteiger partial charge in [0, 0.05) is 17.1 Å². The summed E-state index contributed by atoms with van der Waals surface area (Å²) in [7, 11) is 1.60. The van der Waals surface area contributed by atoms with Gasteiger partial charge in [0.15, 0.2) is 0 Å². The number of nitrogens with zero attached hydrogens (tertiary/aromatic N) is 1. The van der Waals surface area contributed by atoms with E-state index in [-0.39, 0.29) is 18.2 Å². The molecule has 178 valence electrons. The molecule has 2 amide bonds. The molecule has 0 spiro atoms. The average molecular weight is 485 g/mol. The Balaban J connectivity index is 1.75. The van der Waals surface area contributed by atoms with Crippen LogP contribution in [0.25, 0.3) is 0 Å². The van der Waals surface area contributed by atoms with E-state index in [1.165, 1.54) is 11.3 Å². The van der Waals surface area contributed by atoms with Crippen LogP contribution in [-0.4, -0.2) is 18.9 Å².